The number of allylic oxidation sites excluding steroid dienone is 1. The molecule has 2 heterocycles. The quantitative estimate of drug-likeness (QED) is 0.0123. The lowest BCUT2D eigenvalue weighted by molar-refractivity contribution is -0.128. The highest BCUT2D eigenvalue weighted by Gasteiger charge is 2.19. The van der Waals surface area contributed by atoms with Crippen LogP contribution in [-0.4, -0.2) is 98.8 Å². The predicted octanol–water partition coefficient (Wildman–Crippen LogP) is 16.0. The van der Waals surface area contributed by atoms with Crippen LogP contribution < -0.4 is 73.8 Å². The summed E-state index contributed by atoms with van der Waals surface area (Å²) in [4.78, 5) is 99.3. The Labute approximate surface area is 759 Å². The third-order valence-electron chi connectivity index (χ3n) is 19.3. The van der Waals surface area contributed by atoms with Gasteiger partial charge in [-0.05, 0) is 214 Å². The van der Waals surface area contributed by atoms with E-state index in [4.69, 9.17) is 42.3 Å². The van der Waals surface area contributed by atoms with Crippen LogP contribution >= 0.6 is 11.3 Å². The number of carbonyl (C=O) groups excluding carboxylic acids is 8. The van der Waals surface area contributed by atoms with Crippen LogP contribution in [0, 0.1) is 6.92 Å². The van der Waals surface area contributed by atoms with Crippen molar-refractivity contribution in [1.29, 1.82) is 0 Å². The molecule has 131 heavy (non-hydrogen) atoms. The summed E-state index contributed by atoms with van der Waals surface area (Å²) < 4.78 is 65.3. The van der Waals surface area contributed by atoms with Crippen molar-refractivity contribution >= 4 is 152 Å². The normalized spacial score (nSPS) is 10.8. The lowest BCUT2D eigenvalue weighted by Crippen LogP contribution is -2.23. The molecule has 14 aromatic rings. The highest BCUT2D eigenvalue weighted by atomic mass is 32.2. The lowest BCUT2D eigenvalue weighted by atomic mass is 10.0. The highest BCUT2D eigenvalue weighted by Crippen LogP contribution is 2.33. The number of aryl methyl sites for hydroxylation is 1. The molecule has 0 saturated carbocycles. The summed E-state index contributed by atoms with van der Waals surface area (Å²) in [5.74, 6) is -1.53. The minimum absolute atomic E-state index is 0.0113. The van der Waals surface area contributed by atoms with Crippen LogP contribution in [0.15, 0.2) is 319 Å². The molecule has 33 heteroatoms. The van der Waals surface area contributed by atoms with Gasteiger partial charge in [-0.3, -0.25) is 68.4 Å². The Morgan fingerprint density at radius 3 is 1.55 bits per heavy atom. The molecule has 0 radical (unpaired) electrons. The van der Waals surface area contributed by atoms with Crippen LogP contribution in [-0.2, 0) is 53.9 Å². The summed E-state index contributed by atoms with van der Waals surface area (Å²) in [5.41, 5.74) is 35.3. The van der Waals surface area contributed by atoms with Crippen molar-refractivity contribution in [3.8, 4) is 21.9 Å². The molecular weight excluding hydrogens is 1730 g/mol. The molecule has 0 spiro atoms. The maximum atomic E-state index is 12.5. The Bertz CT molecular complexity index is 6670. The van der Waals surface area contributed by atoms with Crippen molar-refractivity contribution in [3.05, 3.63) is 370 Å². The molecular formula is C98H93N13O17S3. The minimum Gasteiger partial charge on any atom is -0.493 e. The highest BCUT2D eigenvalue weighted by molar-refractivity contribution is 7.93. The predicted molar refractivity (Wildman–Crippen MR) is 509 cm³/mol. The number of nitrogen functional groups attached to an aromatic ring is 3. The second-order valence-electron chi connectivity index (χ2n) is 28.8. The summed E-state index contributed by atoms with van der Waals surface area (Å²) in [5, 5.41) is 41.6. The van der Waals surface area contributed by atoms with Crippen LogP contribution in [0.4, 0.5) is 39.8 Å². The fraction of sp³-hybridized carbons (Fsp3) is 0.0918. The second-order valence-corrected chi connectivity index (χ2v) is 33.1. The van der Waals surface area contributed by atoms with Gasteiger partial charge in [0.25, 0.3) is 49.6 Å². The molecule has 18 N–H and O–H groups in total. The average Bonchev–Trinajstić information content (AvgIpc) is 1.26. The van der Waals surface area contributed by atoms with Gasteiger partial charge in [0.05, 0.1) is 52.2 Å². The Balaban J connectivity index is 0.000000170. The zero-order valence-corrected chi connectivity index (χ0v) is 73.5. The number of nitrogens with zero attached hydrogens (tertiary/aromatic N) is 1. The van der Waals surface area contributed by atoms with Gasteiger partial charge in [0.2, 0.25) is 11.8 Å². The number of methoxy groups -OCH3 is 2. The van der Waals surface area contributed by atoms with Gasteiger partial charge in [0.1, 0.15) is 5.78 Å². The smallest absolute Gasteiger partial charge is 0.274 e. The van der Waals surface area contributed by atoms with Crippen LogP contribution in [0.3, 0.4) is 0 Å². The minimum atomic E-state index is -3.78. The van der Waals surface area contributed by atoms with E-state index in [-0.39, 0.29) is 45.6 Å². The van der Waals surface area contributed by atoms with Crippen molar-refractivity contribution in [3.63, 3.8) is 0 Å². The molecule has 0 aliphatic rings. The number of benzene rings is 12. The first-order valence-electron chi connectivity index (χ1n) is 40.0. The van der Waals surface area contributed by atoms with Gasteiger partial charge >= 0.3 is 0 Å². The number of aromatic nitrogens is 1. The van der Waals surface area contributed by atoms with Gasteiger partial charge in [-0.25, -0.2) is 33.3 Å². The number of amides is 7. The van der Waals surface area contributed by atoms with Gasteiger partial charge in [0.15, 0.2) is 11.5 Å². The largest absolute Gasteiger partial charge is 0.493 e. The maximum absolute atomic E-state index is 12.5. The van der Waals surface area contributed by atoms with E-state index in [1.807, 2.05) is 109 Å². The molecule has 0 fully saturated rings. The molecule has 7 amide bonds. The molecule has 0 aliphatic carbocycles. The van der Waals surface area contributed by atoms with E-state index < -0.39 is 37.8 Å². The number of fused-ring (bicyclic) bond motifs is 2. The van der Waals surface area contributed by atoms with Crippen LogP contribution in [0.1, 0.15) is 105 Å². The number of hydrogen-bond donors (Lipinski definition) is 15. The zero-order valence-electron chi connectivity index (χ0n) is 71.1. The Morgan fingerprint density at radius 1 is 0.443 bits per heavy atom. The third-order valence-corrected chi connectivity index (χ3v) is 23.0. The van der Waals surface area contributed by atoms with Crippen molar-refractivity contribution in [1.82, 2.24) is 32.1 Å². The van der Waals surface area contributed by atoms with Crippen molar-refractivity contribution in [2.75, 3.05) is 51.5 Å². The zero-order chi connectivity index (χ0) is 94.0. The number of rotatable bonds is 28. The number of nitrogens with one attached hydrogen (secondary N) is 9. The van der Waals surface area contributed by atoms with Gasteiger partial charge in [-0.1, -0.05) is 151 Å². The van der Waals surface area contributed by atoms with Crippen molar-refractivity contribution in [2.45, 2.75) is 56.0 Å². The number of nitrogens with two attached hydrogens (primary N) is 3. The van der Waals surface area contributed by atoms with E-state index in [2.05, 4.69) is 35.7 Å². The number of carbonyl (C=O) groups is 8. The summed E-state index contributed by atoms with van der Waals surface area (Å²) in [7, 11) is -4.45. The third kappa shape index (κ3) is 29.5. The van der Waals surface area contributed by atoms with E-state index >= 15 is 0 Å². The molecule has 0 atom stereocenters. The first kappa shape index (κ1) is 97.0. The summed E-state index contributed by atoms with van der Waals surface area (Å²) in [6.45, 7) is 4.00. The second kappa shape index (κ2) is 47.4. The Hall–Kier alpha value is -16.2. The van der Waals surface area contributed by atoms with E-state index in [1.54, 1.807) is 223 Å². The number of hydrogen-bond acceptors (Lipinski definition) is 22. The summed E-state index contributed by atoms with van der Waals surface area (Å²) >= 11 is 1.62. The van der Waals surface area contributed by atoms with Crippen LogP contribution in [0.25, 0.3) is 44.3 Å². The van der Waals surface area contributed by atoms with E-state index in [1.165, 1.54) is 44.8 Å². The van der Waals surface area contributed by atoms with E-state index in [0.717, 1.165) is 59.9 Å². The van der Waals surface area contributed by atoms with Crippen molar-refractivity contribution < 1.29 is 80.3 Å². The number of sulfonamides is 2. The Morgan fingerprint density at radius 2 is 0.962 bits per heavy atom. The molecule has 670 valence electrons. The van der Waals surface area contributed by atoms with E-state index in [0.29, 0.717) is 111 Å². The summed E-state index contributed by atoms with van der Waals surface area (Å²) in [6.07, 6.45) is 9.00. The summed E-state index contributed by atoms with van der Waals surface area (Å²) in [6, 6.07) is 81.6. The molecule has 30 nitrogen and oxygen atoms in total. The molecule has 0 bridgehead atoms. The lowest BCUT2D eigenvalue weighted by Gasteiger charge is -2.12. The fourth-order valence-electron chi connectivity index (χ4n) is 12.3. The topological polar surface area (TPSA) is 483 Å². The number of pyridine rings is 1. The SMILES string of the molecule is CC(=O)Nc1ccc(C(=O)Nc2cc(-c3cccs3)ccc2N)cc1.COc1ccc(NS(=O)(=O)c2ccc(/C=C/CC(=O)NO)cc2)cc1OC.Cc1ccc(S(=O)(=O)Nc2ccc(/C=C/CC(=O)Cc3ccccc3N)cc2)cc1.Nc1ccc2cc(C(=O)NCc3ccc(C(=O)NO)cc3)ccc2c1.O=C(NO)c1ccc(CNC(=O)c2cnc3ccccc3c2)cc1. The molecule has 14 rings (SSSR count). The molecule has 2 aromatic heterocycles. The molecule has 12 aromatic carbocycles. The van der Waals surface area contributed by atoms with Gasteiger partial charge in [0, 0.05) is 107 Å². The van der Waals surface area contributed by atoms with E-state index in [9.17, 15) is 55.2 Å². The Kier molecular flexibility index (Phi) is 35.1. The number of hydroxylamine groups is 3. The first-order chi connectivity index (χ1) is 63.0. The van der Waals surface area contributed by atoms with Crippen molar-refractivity contribution in [2.24, 2.45) is 0 Å². The average molecular weight is 1820 g/mol. The number of ether oxygens (including phenoxy) is 2. The number of thiophene rings is 1. The van der Waals surface area contributed by atoms with Gasteiger partial charge in [-0.2, -0.15) is 0 Å². The number of anilines is 7. The van der Waals surface area contributed by atoms with Crippen LogP contribution in [0.2, 0.25) is 0 Å². The van der Waals surface area contributed by atoms with Gasteiger partial charge in [-0.15, -0.1) is 11.3 Å². The van der Waals surface area contributed by atoms with Crippen LogP contribution in [0.5, 0.6) is 11.5 Å². The molecule has 0 aliphatic heterocycles. The first-order valence-corrected chi connectivity index (χ1v) is 43.9. The number of Topliss-reactive ketones (excluding diaryl/α,β-unsaturated/α-hetero) is 1. The van der Waals surface area contributed by atoms with Gasteiger partial charge < -0.3 is 47.9 Å². The molecule has 0 unspecified atom stereocenters. The number of para-hydroxylation sites is 2. The standard InChI is InChI=1S/C24H24N2O3S.C19H17N3O3.C19H17N3O2S.C18H15N3O3.C18H20N2O6S/c1-18-9-15-23(16-10-18)30(28,29)26-21-13-11-19(12-14-21)5-4-7-22(27)17-20-6-2-3-8-24(20)25;20-17-8-7-14-9-16(6-5-15(14)10-17)18(23)21-11-12-1-3-13(4-2-12)19(24)22-25;1-12(23)21-15-7-4-13(5-8-15)19(24)22-17-11-14(6-9-16(17)20)18-3-2-10-25-18;22-17(15-9-14-3-1-2-4-16(14)19-11-15)20-10-12-5-7-13(8-6-12)18(23)21-24;1-25-16-11-8-14(12-17(16)26-2)20-27(23,24)15-9-6-13(7-10-15)4-3-5-18(21)19-22/h2-6,8-16,26H,7,17,25H2,1H3;1-10,25H,11,20H2,(H,21,23)(H,22,24);2-11H,20H2,1H3,(H,21,23)(H,22,24);1-9,11,24H,10H2,(H,20,22)(H,21,23);3-4,6-12,20,22H,5H2,1-2H3,(H,19,21)/b5-4+;;;;4-3+. The fourth-order valence-corrected chi connectivity index (χ4v) is 15.2. The molecule has 0 saturated heterocycles. The monoisotopic (exact) mass is 1820 g/mol. The number of ketones is 1. The maximum Gasteiger partial charge on any atom is 0.274 e.